The van der Waals surface area contributed by atoms with Crippen LogP contribution in [0.4, 0.5) is 11.6 Å². The Hall–Kier alpha value is -2.90. The van der Waals surface area contributed by atoms with Crippen molar-refractivity contribution < 1.29 is 0 Å². The first-order valence-electron chi connectivity index (χ1n) is 9.52. The van der Waals surface area contributed by atoms with Crippen LogP contribution in [0.15, 0.2) is 41.6 Å². The Morgan fingerprint density at radius 2 is 2.11 bits per heavy atom. The summed E-state index contributed by atoms with van der Waals surface area (Å²) in [5, 5.41) is 12.4. The summed E-state index contributed by atoms with van der Waals surface area (Å²) in [6.45, 7) is 5.66. The van der Waals surface area contributed by atoms with Crippen LogP contribution in [0.1, 0.15) is 39.2 Å². The van der Waals surface area contributed by atoms with Crippen molar-refractivity contribution in [2.45, 2.75) is 45.2 Å². The number of hydrogen-bond acceptors (Lipinski definition) is 6. The van der Waals surface area contributed by atoms with Crippen LogP contribution >= 0.6 is 0 Å². The summed E-state index contributed by atoms with van der Waals surface area (Å²) in [7, 11) is 0. The predicted molar refractivity (Wildman–Crippen MR) is 105 cm³/mol. The number of fused-ring (bicyclic) bond motifs is 1. The number of rotatable bonds is 5. The number of nitrogens with one attached hydrogen (secondary N) is 1. The van der Waals surface area contributed by atoms with E-state index in [4.69, 9.17) is 0 Å². The standard InChI is InChI=1S/C19H25N7O/c1-14(2)26-18(27)7-6-17(23-26)24-11-4-3-5-15(24)13-21-19-16-8-9-22-25(16)12-10-20-19/h6-10,12,14-15H,3-5,11,13H2,1-2H3,(H,20,21). The zero-order chi connectivity index (χ0) is 18.8. The Bertz CT molecular complexity index is 977. The first-order chi connectivity index (χ1) is 13.1. The van der Waals surface area contributed by atoms with Crippen molar-refractivity contribution in [1.29, 1.82) is 0 Å². The fraction of sp³-hybridized carbons (Fsp3) is 0.474. The lowest BCUT2D eigenvalue weighted by molar-refractivity contribution is 0.451. The molecule has 1 atom stereocenters. The van der Waals surface area contributed by atoms with Gasteiger partial charge in [0.05, 0.1) is 12.2 Å². The molecule has 3 aromatic heterocycles. The van der Waals surface area contributed by atoms with Gasteiger partial charge in [-0.05, 0) is 45.2 Å². The van der Waals surface area contributed by atoms with E-state index >= 15 is 0 Å². The highest BCUT2D eigenvalue weighted by molar-refractivity contribution is 5.66. The van der Waals surface area contributed by atoms with Gasteiger partial charge in [-0.2, -0.15) is 10.2 Å². The molecule has 1 saturated heterocycles. The maximum absolute atomic E-state index is 12.0. The van der Waals surface area contributed by atoms with E-state index in [-0.39, 0.29) is 11.6 Å². The van der Waals surface area contributed by atoms with Gasteiger partial charge in [-0.1, -0.05) is 0 Å². The molecule has 27 heavy (non-hydrogen) atoms. The molecule has 8 nitrogen and oxygen atoms in total. The molecule has 0 spiro atoms. The molecule has 4 heterocycles. The molecule has 1 N–H and O–H groups in total. The molecule has 0 radical (unpaired) electrons. The van der Waals surface area contributed by atoms with E-state index in [1.165, 1.54) is 6.42 Å². The van der Waals surface area contributed by atoms with Crippen LogP contribution in [0.5, 0.6) is 0 Å². The van der Waals surface area contributed by atoms with Gasteiger partial charge in [0.25, 0.3) is 5.56 Å². The normalized spacial score (nSPS) is 17.6. The second kappa shape index (κ2) is 7.38. The summed E-state index contributed by atoms with van der Waals surface area (Å²) >= 11 is 0. The molecule has 0 aromatic carbocycles. The van der Waals surface area contributed by atoms with Crippen LogP contribution in [-0.2, 0) is 0 Å². The van der Waals surface area contributed by atoms with Gasteiger partial charge in [0.2, 0.25) is 0 Å². The van der Waals surface area contributed by atoms with Gasteiger partial charge in [-0.3, -0.25) is 4.79 Å². The van der Waals surface area contributed by atoms with E-state index in [0.717, 1.165) is 43.1 Å². The smallest absolute Gasteiger partial charge is 0.267 e. The Kier molecular flexibility index (Phi) is 4.79. The number of anilines is 2. The first kappa shape index (κ1) is 17.5. The van der Waals surface area contributed by atoms with Crippen molar-refractivity contribution in [3.8, 4) is 0 Å². The highest BCUT2D eigenvalue weighted by Crippen LogP contribution is 2.23. The molecular formula is C19H25N7O. The largest absolute Gasteiger partial charge is 0.366 e. The molecule has 142 valence electrons. The van der Waals surface area contributed by atoms with Crippen molar-refractivity contribution >= 4 is 17.2 Å². The molecule has 1 unspecified atom stereocenters. The lowest BCUT2D eigenvalue weighted by Crippen LogP contribution is -2.45. The second-order valence-electron chi connectivity index (χ2n) is 7.23. The van der Waals surface area contributed by atoms with Crippen LogP contribution in [0.25, 0.3) is 5.52 Å². The SMILES string of the molecule is CC(C)n1nc(N2CCCCC2CNc2nccn3nccc23)ccc1=O. The van der Waals surface area contributed by atoms with E-state index in [2.05, 4.69) is 25.4 Å². The zero-order valence-corrected chi connectivity index (χ0v) is 15.7. The minimum absolute atomic E-state index is 0.0440. The monoisotopic (exact) mass is 367 g/mol. The van der Waals surface area contributed by atoms with E-state index in [0.29, 0.717) is 6.04 Å². The molecule has 4 rings (SSSR count). The molecular weight excluding hydrogens is 342 g/mol. The Morgan fingerprint density at radius 3 is 2.96 bits per heavy atom. The van der Waals surface area contributed by atoms with E-state index in [1.54, 1.807) is 23.1 Å². The summed E-state index contributed by atoms with van der Waals surface area (Å²) in [4.78, 5) is 18.8. The van der Waals surface area contributed by atoms with Crippen molar-refractivity contribution in [2.24, 2.45) is 0 Å². The van der Waals surface area contributed by atoms with Gasteiger partial charge < -0.3 is 10.2 Å². The van der Waals surface area contributed by atoms with Crippen LogP contribution in [-0.4, -0.2) is 43.5 Å². The minimum atomic E-state index is -0.0583. The third-order valence-electron chi connectivity index (χ3n) is 5.05. The fourth-order valence-corrected chi connectivity index (χ4v) is 3.66. The molecule has 8 heteroatoms. The van der Waals surface area contributed by atoms with Crippen molar-refractivity contribution in [2.75, 3.05) is 23.3 Å². The highest BCUT2D eigenvalue weighted by Gasteiger charge is 2.24. The van der Waals surface area contributed by atoms with Gasteiger partial charge in [-0.15, -0.1) is 0 Å². The summed E-state index contributed by atoms with van der Waals surface area (Å²) in [6.07, 6.45) is 8.77. The van der Waals surface area contributed by atoms with Gasteiger partial charge in [0.15, 0.2) is 5.82 Å². The molecule has 0 aliphatic carbocycles. The fourth-order valence-electron chi connectivity index (χ4n) is 3.66. The molecule has 0 saturated carbocycles. The Balaban J connectivity index is 1.55. The molecule has 1 aliphatic rings. The Labute approximate surface area is 157 Å². The maximum Gasteiger partial charge on any atom is 0.267 e. The third-order valence-corrected chi connectivity index (χ3v) is 5.05. The van der Waals surface area contributed by atoms with Crippen LogP contribution < -0.4 is 15.8 Å². The number of piperidine rings is 1. The van der Waals surface area contributed by atoms with Gasteiger partial charge in [0, 0.05) is 37.6 Å². The molecule has 1 fully saturated rings. The third kappa shape index (κ3) is 3.51. The van der Waals surface area contributed by atoms with Crippen molar-refractivity contribution in [1.82, 2.24) is 24.4 Å². The predicted octanol–water partition coefficient (Wildman–Crippen LogP) is 2.34. The van der Waals surface area contributed by atoms with Gasteiger partial charge in [-0.25, -0.2) is 14.2 Å². The summed E-state index contributed by atoms with van der Waals surface area (Å²) in [5.41, 5.74) is 0.906. The number of aromatic nitrogens is 5. The second-order valence-corrected chi connectivity index (χ2v) is 7.23. The lowest BCUT2D eigenvalue weighted by atomic mass is 10.0. The van der Waals surface area contributed by atoms with Gasteiger partial charge in [0.1, 0.15) is 11.3 Å². The first-order valence-corrected chi connectivity index (χ1v) is 9.52. The van der Waals surface area contributed by atoms with E-state index in [9.17, 15) is 4.79 Å². The average molecular weight is 367 g/mol. The quantitative estimate of drug-likeness (QED) is 0.746. The summed E-state index contributed by atoms with van der Waals surface area (Å²) in [5.74, 6) is 1.70. The molecule has 1 aliphatic heterocycles. The highest BCUT2D eigenvalue weighted by atomic mass is 16.1. The topological polar surface area (TPSA) is 80.3 Å². The van der Waals surface area contributed by atoms with Crippen molar-refractivity contribution in [3.05, 3.63) is 47.1 Å². The maximum atomic E-state index is 12.0. The molecule has 0 amide bonds. The van der Waals surface area contributed by atoms with E-state index < -0.39 is 0 Å². The minimum Gasteiger partial charge on any atom is -0.366 e. The van der Waals surface area contributed by atoms with E-state index in [1.807, 2.05) is 36.7 Å². The van der Waals surface area contributed by atoms with Crippen molar-refractivity contribution in [3.63, 3.8) is 0 Å². The Morgan fingerprint density at radius 1 is 1.22 bits per heavy atom. The molecule has 3 aromatic rings. The van der Waals surface area contributed by atoms with Crippen LogP contribution in [0.2, 0.25) is 0 Å². The number of hydrogen-bond donors (Lipinski definition) is 1. The van der Waals surface area contributed by atoms with Crippen LogP contribution in [0.3, 0.4) is 0 Å². The summed E-state index contributed by atoms with van der Waals surface area (Å²) in [6, 6.07) is 5.76. The lowest BCUT2D eigenvalue weighted by Gasteiger charge is -2.37. The van der Waals surface area contributed by atoms with Crippen LogP contribution in [0, 0.1) is 0 Å². The zero-order valence-electron chi connectivity index (χ0n) is 15.7. The molecule has 0 bridgehead atoms. The summed E-state index contributed by atoms with van der Waals surface area (Å²) < 4.78 is 3.37. The van der Waals surface area contributed by atoms with Gasteiger partial charge >= 0.3 is 0 Å². The average Bonchev–Trinajstić information content (AvgIpc) is 3.16. The number of nitrogens with zero attached hydrogens (tertiary/aromatic N) is 6.